The molecule has 1 aromatic carbocycles. The van der Waals surface area contributed by atoms with Gasteiger partial charge in [0.05, 0.1) is 9.82 Å². The van der Waals surface area contributed by atoms with Crippen molar-refractivity contribution in [2.45, 2.75) is 38.0 Å². The fourth-order valence-electron chi connectivity index (χ4n) is 2.09. The van der Waals surface area contributed by atoms with Crippen LogP contribution in [-0.2, 0) is 16.3 Å². The van der Waals surface area contributed by atoms with Gasteiger partial charge >= 0.3 is 0 Å². The number of sulfone groups is 1. The highest BCUT2D eigenvalue weighted by atomic mass is 32.2. The van der Waals surface area contributed by atoms with Gasteiger partial charge in [0.2, 0.25) is 0 Å². The summed E-state index contributed by atoms with van der Waals surface area (Å²) < 4.78 is 22.8. The molecular formula is C13H19NO4S. The normalized spacial score (nSPS) is 13.2. The molecule has 0 fully saturated rings. The molecule has 1 unspecified atom stereocenters. The summed E-state index contributed by atoms with van der Waals surface area (Å²) in [6.45, 7) is 4.11. The first-order valence-corrected chi connectivity index (χ1v) is 8.12. The van der Waals surface area contributed by atoms with Gasteiger partial charge in [-0.05, 0) is 18.4 Å². The average molecular weight is 285 g/mol. The molecule has 0 spiro atoms. The van der Waals surface area contributed by atoms with Gasteiger partial charge in [0.15, 0.2) is 9.84 Å². The standard InChI is InChI=1S/C13H19NO4S/c1-4-5-10(2)8-11-6-7-12(19(3,17)18)9-13(11)14(15)16/h6-7,9-10H,4-5,8H2,1-3H3. The highest BCUT2D eigenvalue weighted by molar-refractivity contribution is 7.90. The second kappa shape index (κ2) is 6.14. The van der Waals surface area contributed by atoms with Gasteiger partial charge in [-0.2, -0.15) is 0 Å². The van der Waals surface area contributed by atoms with Crippen LogP contribution in [0.1, 0.15) is 32.3 Å². The number of rotatable bonds is 6. The van der Waals surface area contributed by atoms with Crippen molar-refractivity contribution in [2.75, 3.05) is 6.26 Å². The van der Waals surface area contributed by atoms with Crippen LogP contribution >= 0.6 is 0 Å². The van der Waals surface area contributed by atoms with Gasteiger partial charge < -0.3 is 0 Å². The highest BCUT2D eigenvalue weighted by Gasteiger charge is 2.19. The molecule has 0 aliphatic rings. The first kappa shape index (κ1) is 15.6. The lowest BCUT2D eigenvalue weighted by atomic mass is 9.96. The largest absolute Gasteiger partial charge is 0.273 e. The van der Waals surface area contributed by atoms with Crippen molar-refractivity contribution in [3.63, 3.8) is 0 Å². The fourth-order valence-corrected chi connectivity index (χ4v) is 2.73. The maximum absolute atomic E-state index is 11.4. The molecule has 1 aromatic rings. The van der Waals surface area contributed by atoms with Gasteiger partial charge in [-0.25, -0.2) is 8.42 Å². The van der Waals surface area contributed by atoms with Gasteiger partial charge in [-0.3, -0.25) is 10.1 Å². The molecule has 0 aromatic heterocycles. The van der Waals surface area contributed by atoms with Gasteiger partial charge in [0, 0.05) is 17.9 Å². The van der Waals surface area contributed by atoms with E-state index in [0.29, 0.717) is 17.9 Å². The maximum atomic E-state index is 11.4. The van der Waals surface area contributed by atoms with Crippen LogP contribution in [0.5, 0.6) is 0 Å². The third kappa shape index (κ3) is 4.31. The molecule has 0 radical (unpaired) electrons. The van der Waals surface area contributed by atoms with Gasteiger partial charge in [-0.15, -0.1) is 0 Å². The van der Waals surface area contributed by atoms with Crippen molar-refractivity contribution in [3.05, 3.63) is 33.9 Å². The molecule has 0 saturated carbocycles. The van der Waals surface area contributed by atoms with Crippen LogP contribution in [0.15, 0.2) is 23.1 Å². The Morgan fingerprint density at radius 2 is 2.00 bits per heavy atom. The minimum absolute atomic E-state index is 0.00825. The summed E-state index contributed by atoms with van der Waals surface area (Å²) in [6.07, 6.45) is 3.65. The van der Waals surface area contributed by atoms with E-state index in [1.807, 2.05) is 6.92 Å². The molecule has 6 heteroatoms. The van der Waals surface area contributed by atoms with E-state index >= 15 is 0 Å². The maximum Gasteiger partial charge on any atom is 0.273 e. The highest BCUT2D eigenvalue weighted by Crippen LogP contribution is 2.26. The van der Waals surface area contributed by atoms with Crippen LogP contribution in [0, 0.1) is 16.0 Å². The van der Waals surface area contributed by atoms with Crippen molar-refractivity contribution in [2.24, 2.45) is 5.92 Å². The molecule has 1 atom stereocenters. The molecular weight excluding hydrogens is 266 g/mol. The summed E-state index contributed by atoms with van der Waals surface area (Å²) in [5, 5.41) is 11.1. The molecule has 0 N–H and O–H groups in total. The van der Waals surface area contributed by atoms with Crippen molar-refractivity contribution in [1.82, 2.24) is 0 Å². The number of nitro groups is 1. The molecule has 19 heavy (non-hydrogen) atoms. The van der Waals surface area contributed by atoms with Crippen LogP contribution in [-0.4, -0.2) is 19.6 Å². The zero-order chi connectivity index (χ0) is 14.6. The van der Waals surface area contributed by atoms with E-state index in [4.69, 9.17) is 0 Å². The van der Waals surface area contributed by atoms with E-state index in [1.54, 1.807) is 6.07 Å². The van der Waals surface area contributed by atoms with E-state index in [0.717, 1.165) is 25.2 Å². The predicted molar refractivity (Wildman–Crippen MR) is 74.0 cm³/mol. The Morgan fingerprint density at radius 3 is 2.47 bits per heavy atom. The molecule has 0 bridgehead atoms. The molecule has 0 heterocycles. The zero-order valence-corrected chi connectivity index (χ0v) is 12.2. The first-order valence-electron chi connectivity index (χ1n) is 6.23. The van der Waals surface area contributed by atoms with Crippen LogP contribution in [0.4, 0.5) is 5.69 Å². The Kier molecular flexibility index (Phi) is 5.05. The van der Waals surface area contributed by atoms with Crippen LogP contribution < -0.4 is 0 Å². The minimum Gasteiger partial charge on any atom is -0.258 e. The lowest BCUT2D eigenvalue weighted by Gasteiger charge is -2.10. The lowest BCUT2D eigenvalue weighted by molar-refractivity contribution is -0.385. The number of benzene rings is 1. The Balaban J connectivity index is 3.16. The second-order valence-electron chi connectivity index (χ2n) is 4.92. The molecule has 0 aliphatic carbocycles. The summed E-state index contributed by atoms with van der Waals surface area (Å²) >= 11 is 0. The summed E-state index contributed by atoms with van der Waals surface area (Å²) in [5.74, 6) is 0.341. The summed E-state index contributed by atoms with van der Waals surface area (Å²) in [5.41, 5.74) is 0.490. The summed E-state index contributed by atoms with van der Waals surface area (Å²) in [7, 11) is -3.42. The van der Waals surface area contributed by atoms with Gasteiger partial charge in [-0.1, -0.05) is 32.8 Å². The average Bonchev–Trinajstić information content (AvgIpc) is 2.27. The van der Waals surface area contributed by atoms with E-state index in [9.17, 15) is 18.5 Å². The van der Waals surface area contributed by atoms with Crippen LogP contribution in [0.25, 0.3) is 0 Å². The summed E-state index contributed by atoms with van der Waals surface area (Å²) in [4.78, 5) is 10.5. The second-order valence-corrected chi connectivity index (χ2v) is 6.93. The molecule has 5 nitrogen and oxygen atoms in total. The molecule has 1 rings (SSSR count). The van der Waals surface area contributed by atoms with E-state index in [-0.39, 0.29) is 10.6 Å². The SMILES string of the molecule is CCCC(C)Cc1ccc(S(C)(=O)=O)cc1[N+](=O)[O-]. The number of hydrogen-bond acceptors (Lipinski definition) is 4. The van der Waals surface area contributed by atoms with E-state index in [1.165, 1.54) is 6.07 Å². The van der Waals surface area contributed by atoms with Crippen LogP contribution in [0.2, 0.25) is 0 Å². The van der Waals surface area contributed by atoms with Gasteiger partial charge in [0.25, 0.3) is 5.69 Å². The Morgan fingerprint density at radius 1 is 1.37 bits per heavy atom. The molecule has 0 amide bonds. The predicted octanol–water partition coefficient (Wildman–Crippen LogP) is 2.98. The van der Waals surface area contributed by atoms with Gasteiger partial charge in [0.1, 0.15) is 0 Å². The number of hydrogen-bond donors (Lipinski definition) is 0. The number of nitrogens with zero attached hydrogens (tertiary/aromatic N) is 1. The Labute approximate surface area is 113 Å². The third-order valence-corrected chi connectivity index (χ3v) is 4.14. The van der Waals surface area contributed by atoms with Crippen molar-refractivity contribution in [1.29, 1.82) is 0 Å². The zero-order valence-electron chi connectivity index (χ0n) is 11.4. The monoisotopic (exact) mass is 285 g/mol. The van der Waals surface area contributed by atoms with E-state index < -0.39 is 14.8 Å². The Bertz CT molecular complexity index is 566. The van der Waals surface area contributed by atoms with Crippen molar-refractivity contribution >= 4 is 15.5 Å². The topological polar surface area (TPSA) is 77.3 Å². The first-order chi connectivity index (χ1) is 8.75. The van der Waals surface area contributed by atoms with Crippen molar-refractivity contribution < 1.29 is 13.3 Å². The fraction of sp³-hybridized carbons (Fsp3) is 0.538. The molecule has 106 valence electrons. The quantitative estimate of drug-likeness (QED) is 0.594. The van der Waals surface area contributed by atoms with Crippen molar-refractivity contribution in [3.8, 4) is 0 Å². The minimum atomic E-state index is -3.42. The molecule has 0 saturated heterocycles. The van der Waals surface area contributed by atoms with E-state index in [2.05, 4.69) is 6.92 Å². The lowest BCUT2D eigenvalue weighted by Crippen LogP contribution is -2.05. The Hall–Kier alpha value is -1.43. The molecule has 0 aliphatic heterocycles. The third-order valence-electron chi connectivity index (χ3n) is 3.03. The smallest absolute Gasteiger partial charge is 0.258 e. The van der Waals surface area contributed by atoms with Crippen LogP contribution in [0.3, 0.4) is 0 Å². The number of nitro benzene ring substituents is 1. The summed E-state index contributed by atoms with van der Waals surface area (Å²) in [6, 6.07) is 4.15.